The van der Waals surface area contributed by atoms with E-state index in [-0.39, 0.29) is 11.8 Å². The molecule has 29 heavy (non-hydrogen) atoms. The van der Waals surface area contributed by atoms with Crippen molar-refractivity contribution >= 4 is 17.5 Å². The molecule has 7 heteroatoms. The highest BCUT2D eigenvalue weighted by Crippen LogP contribution is 2.15. The van der Waals surface area contributed by atoms with Crippen molar-refractivity contribution in [2.75, 3.05) is 51.1 Å². The fourth-order valence-electron chi connectivity index (χ4n) is 3.96. The van der Waals surface area contributed by atoms with Crippen LogP contribution in [0, 0.1) is 0 Å². The van der Waals surface area contributed by atoms with Crippen molar-refractivity contribution in [1.29, 1.82) is 0 Å². The summed E-state index contributed by atoms with van der Waals surface area (Å²) in [6.45, 7) is 6.21. The normalized spacial score (nSPS) is 18.1. The van der Waals surface area contributed by atoms with E-state index in [1.807, 2.05) is 12.1 Å². The Kier molecular flexibility index (Phi) is 6.27. The molecule has 0 aliphatic carbocycles. The summed E-state index contributed by atoms with van der Waals surface area (Å²) >= 11 is 0. The lowest BCUT2D eigenvalue weighted by molar-refractivity contribution is -0.117. The Hall–Kier alpha value is -2.64. The van der Waals surface area contributed by atoms with Crippen LogP contribution in [0.1, 0.15) is 29.0 Å². The van der Waals surface area contributed by atoms with Gasteiger partial charge in [0.25, 0.3) is 5.91 Å². The fraction of sp³-hybridized carbons (Fsp3) is 0.455. The molecule has 2 saturated heterocycles. The van der Waals surface area contributed by atoms with Gasteiger partial charge >= 0.3 is 0 Å². The molecule has 2 amide bonds. The lowest BCUT2D eigenvalue weighted by atomic mass is 10.2. The molecule has 0 radical (unpaired) electrons. The molecule has 0 unspecified atom stereocenters. The van der Waals surface area contributed by atoms with Crippen LogP contribution in [0.15, 0.2) is 47.1 Å². The molecule has 0 saturated carbocycles. The molecule has 2 fully saturated rings. The molecule has 2 aliphatic heterocycles. The number of carbonyl (C=O) groups excluding carboxylic acids is 2. The maximum Gasteiger partial charge on any atom is 0.289 e. The average molecular weight is 396 g/mol. The van der Waals surface area contributed by atoms with E-state index in [2.05, 4.69) is 27.2 Å². The Balaban J connectivity index is 1.20. The van der Waals surface area contributed by atoms with Crippen LogP contribution in [0.25, 0.3) is 0 Å². The lowest BCUT2D eigenvalue weighted by Gasteiger charge is -2.33. The number of nitrogens with zero attached hydrogens (tertiary/aromatic N) is 3. The van der Waals surface area contributed by atoms with Gasteiger partial charge < -0.3 is 14.6 Å². The van der Waals surface area contributed by atoms with E-state index in [0.717, 1.165) is 12.2 Å². The fourth-order valence-corrected chi connectivity index (χ4v) is 3.96. The van der Waals surface area contributed by atoms with E-state index < -0.39 is 0 Å². The number of benzene rings is 1. The molecule has 0 spiro atoms. The Morgan fingerprint density at radius 2 is 1.62 bits per heavy atom. The highest BCUT2D eigenvalue weighted by molar-refractivity contribution is 5.92. The first-order valence-electron chi connectivity index (χ1n) is 10.3. The van der Waals surface area contributed by atoms with Crippen molar-refractivity contribution in [2.45, 2.75) is 19.4 Å². The molecule has 3 heterocycles. The van der Waals surface area contributed by atoms with E-state index in [4.69, 9.17) is 4.42 Å². The summed E-state index contributed by atoms with van der Waals surface area (Å²) in [7, 11) is 0. The van der Waals surface area contributed by atoms with Crippen molar-refractivity contribution in [3.8, 4) is 0 Å². The third kappa shape index (κ3) is 5.25. The van der Waals surface area contributed by atoms with E-state index in [1.54, 1.807) is 17.0 Å². The van der Waals surface area contributed by atoms with Gasteiger partial charge in [-0.1, -0.05) is 12.1 Å². The second-order valence-electron chi connectivity index (χ2n) is 7.77. The third-order valence-electron chi connectivity index (χ3n) is 5.60. The number of anilines is 1. The Labute approximate surface area is 171 Å². The summed E-state index contributed by atoms with van der Waals surface area (Å²) in [5.41, 5.74) is 2.11. The van der Waals surface area contributed by atoms with Crippen molar-refractivity contribution < 1.29 is 14.0 Å². The van der Waals surface area contributed by atoms with Crippen LogP contribution < -0.4 is 5.32 Å². The van der Waals surface area contributed by atoms with Crippen molar-refractivity contribution in [1.82, 2.24) is 14.7 Å². The van der Waals surface area contributed by atoms with E-state index in [1.165, 1.54) is 37.8 Å². The number of amides is 2. The minimum absolute atomic E-state index is 0.0249. The molecule has 7 nitrogen and oxygen atoms in total. The predicted octanol–water partition coefficient (Wildman–Crippen LogP) is 2.27. The molecule has 1 aromatic carbocycles. The molecular weight excluding hydrogens is 368 g/mol. The van der Waals surface area contributed by atoms with Crippen molar-refractivity contribution in [3.05, 3.63) is 54.0 Å². The molecule has 1 N–H and O–H groups in total. The minimum atomic E-state index is -0.0897. The standard InChI is InChI=1S/C22H28N4O3/c27-21(23-19-7-5-18(6-8-19)16-24-9-1-2-10-24)17-25-11-13-26(14-12-25)22(28)20-4-3-15-29-20/h3-8,15H,1-2,9-14,16-17H2,(H,23,27). The van der Waals surface area contributed by atoms with Gasteiger partial charge in [-0.15, -0.1) is 0 Å². The SMILES string of the molecule is O=C(CN1CCN(C(=O)c2ccco2)CC1)Nc1ccc(CN2CCCC2)cc1. The first-order valence-corrected chi connectivity index (χ1v) is 10.3. The smallest absolute Gasteiger partial charge is 0.289 e. The van der Waals surface area contributed by atoms with E-state index in [0.29, 0.717) is 38.5 Å². The van der Waals surface area contributed by atoms with Gasteiger partial charge in [0.1, 0.15) is 0 Å². The quantitative estimate of drug-likeness (QED) is 0.811. The summed E-state index contributed by atoms with van der Waals surface area (Å²) in [4.78, 5) is 31.0. The topological polar surface area (TPSA) is 69.0 Å². The Morgan fingerprint density at radius 1 is 0.897 bits per heavy atom. The monoisotopic (exact) mass is 396 g/mol. The number of nitrogens with one attached hydrogen (secondary N) is 1. The van der Waals surface area contributed by atoms with Crippen LogP contribution in [0.4, 0.5) is 5.69 Å². The number of likely N-dealkylation sites (tertiary alicyclic amines) is 1. The van der Waals surface area contributed by atoms with Gasteiger partial charge in [-0.3, -0.25) is 19.4 Å². The van der Waals surface area contributed by atoms with Gasteiger partial charge in [-0.2, -0.15) is 0 Å². The largest absolute Gasteiger partial charge is 0.459 e. The molecule has 154 valence electrons. The number of hydrogen-bond acceptors (Lipinski definition) is 5. The van der Waals surface area contributed by atoms with Crippen LogP contribution in [-0.4, -0.2) is 72.3 Å². The Morgan fingerprint density at radius 3 is 2.28 bits per heavy atom. The zero-order valence-electron chi connectivity index (χ0n) is 16.7. The zero-order valence-corrected chi connectivity index (χ0v) is 16.7. The summed E-state index contributed by atoms with van der Waals surface area (Å²) < 4.78 is 5.18. The van der Waals surface area contributed by atoms with Gasteiger partial charge in [-0.05, 0) is 55.8 Å². The summed E-state index contributed by atoms with van der Waals surface area (Å²) in [5, 5.41) is 2.98. The van der Waals surface area contributed by atoms with Gasteiger partial charge in [0, 0.05) is 38.4 Å². The third-order valence-corrected chi connectivity index (χ3v) is 5.60. The van der Waals surface area contributed by atoms with Gasteiger partial charge in [0.05, 0.1) is 12.8 Å². The molecule has 0 atom stereocenters. The molecular formula is C22H28N4O3. The average Bonchev–Trinajstić information content (AvgIpc) is 3.44. The molecule has 4 rings (SSSR count). The second kappa shape index (κ2) is 9.24. The first-order chi connectivity index (χ1) is 14.2. The second-order valence-corrected chi connectivity index (χ2v) is 7.77. The zero-order chi connectivity index (χ0) is 20.1. The van der Waals surface area contributed by atoms with E-state index >= 15 is 0 Å². The number of hydrogen-bond donors (Lipinski definition) is 1. The van der Waals surface area contributed by atoms with Gasteiger partial charge in [0.15, 0.2) is 5.76 Å². The van der Waals surface area contributed by atoms with Crippen LogP contribution in [0.5, 0.6) is 0 Å². The summed E-state index contributed by atoms with van der Waals surface area (Å²) in [5.74, 6) is 0.251. The lowest BCUT2D eigenvalue weighted by Crippen LogP contribution is -2.50. The van der Waals surface area contributed by atoms with Crippen molar-refractivity contribution in [2.24, 2.45) is 0 Å². The number of carbonyl (C=O) groups is 2. The number of rotatable bonds is 6. The molecule has 1 aromatic heterocycles. The van der Waals surface area contributed by atoms with Crippen LogP contribution in [0.2, 0.25) is 0 Å². The van der Waals surface area contributed by atoms with Crippen LogP contribution >= 0.6 is 0 Å². The number of furan rings is 1. The molecule has 0 bridgehead atoms. The van der Waals surface area contributed by atoms with Gasteiger partial charge in [0.2, 0.25) is 5.91 Å². The summed E-state index contributed by atoms with van der Waals surface area (Å²) in [6, 6.07) is 11.5. The highest BCUT2D eigenvalue weighted by atomic mass is 16.3. The minimum Gasteiger partial charge on any atom is -0.459 e. The first kappa shape index (κ1) is 19.7. The Bertz CT molecular complexity index is 805. The van der Waals surface area contributed by atoms with Gasteiger partial charge in [-0.25, -0.2) is 0 Å². The van der Waals surface area contributed by atoms with Crippen molar-refractivity contribution in [3.63, 3.8) is 0 Å². The predicted molar refractivity (Wildman–Crippen MR) is 111 cm³/mol. The number of piperazine rings is 1. The maximum atomic E-state index is 12.4. The highest BCUT2D eigenvalue weighted by Gasteiger charge is 2.24. The van der Waals surface area contributed by atoms with Crippen LogP contribution in [-0.2, 0) is 11.3 Å². The maximum absolute atomic E-state index is 12.4. The van der Waals surface area contributed by atoms with E-state index in [9.17, 15) is 9.59 Å². The summed E-state index contributed by atoms with van der Waals surface area (Å²) in [6.07, 6.45) is 4.09. The van der Waals surface area contributed by atoms with Crippen LogP contribution in [0.3, 0.4) is 0 Å². The molecule has 2 aliphatic rings. The molecule has 2 aromatic rings.